The van der Waals surface area contributed by atoms with Crippen LogP contribution in [0.1, 0.15) is 54.9 Å². The highest BCUT2D eigenvalue weighted by molar-refractivity contribution is 6.46. The van der Waals surface area contributed by atoms with E-state index in [1.165, 1.54) is 12.0 Å². The van der Waals surface area contributed by atoms with Crippen molar-refractivity contribution in [2.75, 3.05) is 13.7 Å². The fourth-order valence-corrected chi connectivity index (χ4v) is 4.15. The molecule has 1 N–H and O–H groups in total. The SMILES string of the molecule is CCCCCN1C(=O)C(=O)/C(=C(/O)c2cc(C)cc(Cl)c2OC)C1c1ccc(C)o1. The summed E-state index contributed by atoms with van der Waals surface area (Å²) < 4.78 is 11.1. The van der Waals surface area contributed by atoms with Gasteiger partial charge < -0.3 is 19.2 Å². The predicted molar refractivity (Wildman–Crippen MR) is 115 cm³/mol. The van der Waals surface area contributed by atoms with E-state index in [0.29, 0.717) is 23.1 Å². The Balaban J connectivity index is 2.20. The summed E-state index contributed by atoms with van der Waals surface area (Å²) in [6.07, 6.45) is 2.65. The third kappa shape index (κ3) is 3.97. The maximum atomic E-state index is 13.0. The minimum absolute atomic E-state index is 0.0224. The number of aliphatic hydroxyl groups is 1. The van der Waals surface area contributed by atoms with Gasteiger partial charge in [-0.2, -0.15) is 0 Å². The molecule has 1 unspecified atom stereocenters. The molecule has 3 rings (SSSR count). The van der Waals surface area contributed by atoms with Crippen molar-refractivity contribution in [3.8, 4) is 5.75 Å². The van der Waals surface area contributed by atoms with Crippen molar-refractivity contribution in [1.29, 1.82) is 0 Å². The molecule has 0 aliphatic carbocycles. The van der Waals surface area contributed by atoms with Crippen LogP contribution in [0.25, 0.3) is 5.76 Å². The van der Waals surface area contributed by atoms with E-state index in [4.69, 9.17) is 20.8 Å². The Bertz CT molecular complexity index is 1010. The average Bonchev–Trinajstić information content (AvgIpc) is 3.23. The summed E-state index contributed by atoms with van der Waals surface area (Å²) in [7, 11) is 1.43. The molecule has 1 saturated heterocycles. The number of ketones is 1. The number of halogens is 1. The predicted octanol–water partition coefficient (Wildman–Crippen LogP) is 5.17. The number of furan rings is 1. The van der Waals surface area contributed by atoms with E-state index in [0.717, 1.165) is 24.8 Å². The number of hydrogen-bond donors (Lipinski definition) is 1. The van der Waals surface area contributed by atoms with Crippen LogP contribution < -0.4 is 4.74 Å². The molecule has 1 aliphatic heterocycles. The first-order valence-corrected chi connectivity index (χ1v) is 10.4. The molecule has 0 saturated carbocycles. The number of hydrogen-bond acceptors (Lipinski definition) is 5. The number of Topliss-reactive ketones (excluding diaryl/α,β-unsaturated/α-hetero) is 1. The van der Waals surface area contributed by atoms with Crippen LogP contribution in [-0.2, 0) is 9.59 Å². The molecule has 1 fully saturated rings. The summed E-state index contributed by atoms with van der Waals surface area (Å²) in [5, 5.41) is 11.5. The minimum Gasteiger partial charge on any atom is -0.507 e. The number of carbonyl (C=O) groups excluding carboxylic acids is 2. The van der Waals surface area contributed by atoms with Crippen molar-refractivity contribution >= 4 is 29.1 Å². The number of ether oxygens (including phenoxy) is 1. The third-order valence-electron chi connectivity index (χ3n) is 5.22. The fourth-order valence-electron chi connectivity index (χ4n) is 3.80. The van der Waals surface area contributed by atoms with Gasteiger partial charge in [-0.1, -0.05) is 31.4 Å². The van der Waals surface area contributed by atoms with Gasteiger partial charge in [0.05, 0.1) is 23.3 Å². The van der Waals surface area contributed by atoms with Gasteiger partial charge in [0.1, 0.15) is 29.1 Å². The number of unbranched alkanes of at least 4 members (excludes halogenated alkanes) is 2. The number of nitrogens with zero attached hydrogens (tertiary/aromatic N) is 1. The van der Waals surface area contributed by atoms with Gasteiger partial charge >= 0.3 is 0 Å². The Labute approximate surface area is 181 Å². The van der Waals surface area contributed by atoms with E-state index in [1.54, 1.807) is 31.2 Å². The first kappa shape index (κ1) is 22.0. The molecule has 6 nitrogen and oxygen atoms in total. The van der Waals surface area contributed by atoms with Crippen LogP contribution >= 0.6 is 11.6 Å². The van der Waals surface area contributed by atoms with Crippen molar-refractivity contribution in [2.24, 2.45) is 0 Å². The first-order valence-electron chi connectivity index (χ1n) is 9.99. The second kappa shape index (κ2) is 8.96. The van der Waals surface area contributed by atoms with Gasteiger partial charge in [0.15, 0.2) is 0 Å². The zero-order chi connectivity index (χ0) is 22.0. The fraction of sp³-hybridized carbons (Fsp3) is 0.391. The number of rotatable bonds is 7. The Morgan fingerprint density at radius 2 is 1.97 bits per heavy atom. The zero-order valence-electron chi connectivity index (χ0n) is 17.6. The van der Waals surface area contributed by atoms with Gasteiger partial charge in [-0.25, -0.2) is 0 Å². The van der Waals surface area contributed by atoms with Gasteiger partial charge in [0.25, 0.3) is 11.7 Å². The lowest BCUT2D eigenvalue weighted by Crippen LogP contribution is -2.30. The molecule has 0 radical (unpaired) electrons. The lowest BCUT2D eigenvalue weighted by atomic mass is 9.97. The van der Waals surface area contributed by atoms with E-state index < -0.39 is 17.7 Å². The molecule has 30 heavy (non-hydrogen) atoms. The number of aliphatic hydroxyl groups excluding tert-OH is 1. The van der Waals surface area contributed by atoms with E-state index >= 15 is 0 Å². The van der Waals surface area contributed by atoms with E-state index in [9.17, 15) is 14.7 Å². The zero-order valence-corrected chi connectivity index (χ0v) is 18.4. The highest BCUT2D eigenvalue weighted by Gasteiger charge is 2.47. The van der Waals surface area contributed by atoms with Crippen LogP contribution in [0.15, 0.2) is 34.3 Å². The molecular weight excluding hydrogens is 406 g/mol. The molecule has 160 valence electrons. The molecule has 1 amide bonds. The van der Waals surface area contributed by atoms with Crippen LogP contribution in [0.3, 0.4) is 0 Å². The second-order valence-electron chi connectivity index (χ2n) is 7.48. The smallest absolute Gasteiger partial charge is 0.295 e. The summed E-state index contributed by atoms with van der Waals surface area (Å²) in [5.41, 5.74) is 1.03. The molecule has 1 aliphatic rings. The molecule has 2 heterocycles. The number of amides is 1. The van der Waals surface area contributed by atoms with Crippen molar-refractivity contribution in [3.05, 3.63) is 57.5 Å². The van der Waals surface area contributed by atoms with E-state index in [-0.39, 0.29) is 22.6 Å². The molecule has 1 atom stereocenters. The summed E-state index contributed by atoms with van der Waals surface area (Å²) in [4.78, 5) is 27.3. The van der Waals surface area contributed by atoms with Crippen LogP contribution in [0.2, 0.25) is 5.02 Å². The molecule has 1 aromatic carbocycles. The third-order valence-corrected chi connectivity index (χ3v) is 5.50. The topological polar surface area (TPSA) is 80.0 Å². The second-order valence-corrected chi connectivity index (χ2v) is 7.88. The van der Waals surface area contributed by atoms with Crippen molar-refractivity contribution in [3.63, 3.8) is 0 Å². The van der Waals surface area contributed by atoms with Crippen molar-refractivity contribution in [1.82, 2.24) is 4.90 Å². The molecule has 1 aromatic heterocycles. The standard InChI is InChI=1S/C23H26ClNO5/c1-5-6-7-10-25-19(17-9-8-14(3)30-17)18(21(27)23(25)28)20(26)15-11-13(2)12-16(24)22(15)29-4/h8-9,11-12,19,26H,5-7,10H2,1-4H3/b20-18+. The summed E-state index contributed by atoms with van der Waals surface area (Å²) in [6, 6.07) is 6.07. The van der Waals surface area contributed by atoms with Gasteiger partial charge in [0, 0.05) is 6.54 Å². The lowest BCUT2D eigenvalue weighted by Gasteiger charge is -2.23. The minimum atomic E-state index is -0.806. The van der Waals surface area contributed by atoms with Crippen LogP contribution in [-0.4, -0.2) is 35.4 Å². The summed E-state index contributed by atoms with van der Waals surface area (Å²) in [5.74, 6) is -0.394. The van der Waals surface area contributed by atoms with Crippen molar-refractivity contribution in [2.45, 2.75) is 46.1 Å². The van der Waals surface area contributed by atoms with E-state index in [2.05, 4.69) is 6.92 Å². The molecular formula is C23H26ClNO5. The number of likely N-dealkylation sites (tertiary alicyclic amines) is 1. The summed E-state index contributed by atoms with van der Waals surface area (Å²) in [6.45, 7) is 6.06. The number of methoxy groups -OCH3 is 1. The Morgan fingerprint density at radius 1 is 1.23 bits per heavy atom. The van der Waals surface area contributed by atoms with Crippen LogP contribution in [0, 0.1) is 13.8 Å². The lowest BCUT2D eigenvalue weighted by molar-refractivity contribution is -0.140. The van der Waals surface area contributed by atoms with Gasteiger partial charge in [0.2, 0.25) is 0 Å². The normalized spacial score (nSPS) is 18.3. The van der Waals surface area contributed by atoms with Gasteiger partial charge in [-0.3, -0.25) is 9.59 Å². The average molecular weight is 432 g/mol. The Kier molecular flexibility index (Phi) is 6.56. The molecule has 7 heteroatoms. The van der Waals surface area contributed by atoms with Gasteiger partial charge in [-0.05, 0) is 50.1 Å². The number of carbonyl (C=O) groups is 2. The quantitative estimate of drug-likeness (QED) is 0.283. The summed E-state index contributed by atoms with van der Waals surface area (Å²) >= 11 is 6.28. The number of aryl methyl sites for hydroxylation is 2. The Hall–Kier alpha value is -2.73. The molecule has 0 bridgehead atoms. The largest absolute Gasteiger partial charge is 0.507 e. The monoisotopic (exact) mass is 431 g/mol. The number of benzene rings is 1. The maximum Gasteiger partial charge on any atom is 0.295 e. The van der Waals surface area contributed by atoms with E-state index in [1.807, 2.05) is 6.92 Å². The first-order chi connectivity index (χ1) is 14.3. The maximum absolute atomic E-state index is 13.0. The highest BCUT2D eigenvalue weighted by atomic mass is 35.5. The molecule has 0 spiro atoms. The van der Waals surface area contributed by atoms with Crippen LogP contribution in [0.4, 0.5) is 0 Å². The Morgan fingerprint density at radius 3 is 2.57 bits per heavy atom. The van der Waals surface area contributed by atoms with Gasteiger partial charge in [-0.15, -0.1) is 0 Å². The molecule has 2 aromatic rings. The van der Waals surface area contributed by atoms with Crippen molar-refractivity contribution < 1.29 is 23.8 Å². The highest BCUT2D eigenvalue weighted by Crippen LogP contribution is 2.43. The van der Waals surface area contributed by atoms with Crippen LogP contribution in [0.5, 0.6) is 5.75 Å².